The Kier molecular flexibility index (Phi) is 5.42. The van der Waals surface area contributed by atoms with E-state index in [1.165, 1.54) is 17.3 Å². The number of carbonyl (C=O) groups is 1. The zero-order valence-corrected chi connectivity index (χ0v) is 16.5. The smallest absolute Gasteiger partial charge is 0.274 e. The molecule has 0 fully saturated rings. The molecule has 0 aliphatic carbocycles. The van der Waals surface area contributed by atoms with E-state index in [4.69, 9.17) is 11.6 Å². The van der Waals surface area contributed by atoms with E-state index in [-0.39, 0.29) is 10.7 Å². The van der Waals surface area contributed by atoms with E-state index in [2.05, 4.69) is 59.0 Å². The van der Waals surface area contributed by atoms with E-state index < -0.39 is 5.91 Å². The minimum Gasteiger partial charge on any atom is -0.318 e. The highest BCUT2D eigenvalue weighted by Crippen LogP contribution is 2.22. The molecule has 0 bridgehead atoms. The Labute approximate surface area is 163 Å². The molecular weight excluding hydrogens is 360 g/mol. The van der Waals surface area contributed by atoms with Crippen molar-refractivity contribution in [3.05, 3.63) is 81.4 Å². The summed E-state index contributed by atoms with van der Waals surface area (Å²) in [5.74, 6) is -0.396. The molecule has 2 heterocycles. The van der Waals surface area contributed by atoms with E-state index in [1.54, 1.807) is 18.3 Å². The summed E-state index contributed by atoms with van der Waals surface area (Å²) in [5, 5.41) is 4.23. The highest BCUT2D eigenvalue weighted by atomic mass is 35.5. The second-order valence-electron chi connectivity index (χ2n) is 6.55. The predicted octanol–water partition coefficient (Wildman–Crippen LogP) is 4.52. The second-order valence-corrected chi connectivity index (χ2v) is 6.91. The van der Waals surface area contributed by atoms with Gasteiger partial charge in [-0.3, -0.25) is 4.79 Å². The number of pyridine rings is 1. The van der Waals surface area contributed by atoms with Gasteiger partial charge in [0.25, 0.3) is 5.91 Å². The molecule has 0 spiro atoms. The van der Waals surface area contributed by atoms with Crippen LogP contribution in [0.3, 0.4) is 0 Å². The fraction of sp³-hybridized carbons (Fsp3) is 0.190. The number of nitrogens with one attached hydrogen (secondary N) is 1. The van der Waals surface area contributed by atoms with Crippen LogP contribution in [0.2, 0.25) is 5.15 Å². The first-order valence-corrected chi connectivity index (χ1v) is 8.96. The lowest BCUT2D eigenvalue weighted by Gasteiger charge is -2.11. The molecule has 1 amide bonds. The molecule has 0 radical (unpaired) electrons. The van der Waals surface area contributed by atoms with Crippen LogP contribution in [0.4, 0.5) is 0 Å². The van der Waals surface area contributed by atoms with Crippen molar-refractivity contribution in [1.82, 2.24) is 15.0 Å². The zero-order valence-electron chi connectivity index (χ0n) is 15.7. The Morgan fingerprint density at radius 2 is 1.85 bits per heavy atom. The molecule has 0 unspecified atom stereocenters. The molecule has 1 N–H and O–H groups in total. The third kappa shape index (κ3) is 4.09. The highest BCUT2D eigenvalue weighted by molar-refractivity contribution is 6.32. The quantitative estimate of drug-likeness (QED) is 0.411. The SMILES string of the molecule is Cc1cc(C)cc(-n2c(C)cc(C=NNC(=O)c3cccnc3Cl)c2C)c1. The maximum Gasteiger partial charge on any atom is 0.274 e. The minimum atomic E-state index is -0.396. The van der Waals surface area contributed by atoms with Gasteiger partial charge in [-0.1, -0.05) is 17.7 Å². The standard InChI is InChI=1S/C21H21ClN4O/c1-13-8-14(2)10-18(9-13)26-15(3)11-17(16(26)4)12-24-25-21(27)19-6-5-7-23-20(19)22/h5-12H,1-4H3,(H,25,27). The third-order valence-corrected chi connectivity index (χ3v) is 4.61. The number of aryl methyl sites for hydroxylation is 3. The van der Waals surface area contributed by atoms with Gasteiger partial charge in [0.05, 0.1) is 11.8 Å². The Bertz CT molecular complexity index is 1020. The van der Waals surface area contributed by atoms with Crippen molar-refractivity contribution in [2.45, 2.75) is 27.7 Å². The van der Waals surface area contributed by atoms with Crippen LogP contribution in [0.5, 0.6) is 0 Å². The average Bonchev–Trinajstić information content (AvgIpc) is 2.88. The zero-order chi connectivity index (χ0) is 19.6. The number of hydrogen-bond acceptors (Lipinski definition) is 3. The lowest BCUT2D eigenvalue weighted by atomic mass is 10.1. The predicted molar refractivity (Wildman–Crippen MR) is 109 cm³/mol. The molecule has 138 valence electrons. The first-order valence-electron chi connectivity index (χ1n) is 8.58. The van der Waals surface area contributed by atoms with Crippen molar-refractivity contribution in [3.63, 3.8) is 0 Å². The van der Waals surface area contributed by atoms with Crippen LogP contribution in [-0.4, -0.2) is 21.7 Å². The largest absolute Gasteiger partial charge is 0.318 e. The molecular formula is C21H21ClN4O. The summed E-state index contributed by atoms with van der Waals surface area (Å²) in [6.45, 7) is 8.26. The Hall–Kier alpha value is -2.92. The van der Waals surface area contributed by atoms with E-state index in [9.17, 15) is 4.79 Å². The molecule has 3 rings (SSSR count). The molecule has 0 atom stereocenters. The molecule has 0 saturated heterocycles. The topological polar surface area (TPSA) is 59.3 Å². The number of amides is 1. The van der Waals surface area contributed by atoms with Gasteiger partial charge in [0.1, 0.15) is 5.15 Å². The van der Waals surface area contributed by atoms with Crippen molar-refractivity contribution < 1.29 is 4.79 Å². The van der Waals surface area contributed by atoms with Gasteiger partial charge in [-0.15, -0.1) is 0 Å². The van der Waals surface area contributed by atoms with E-state index in [0.29, 0.717) is 0 Å². The van der Waals surface area contributed by atoms with Gasteiger partial charge in [-0.25, -0.2) is 10.4 Å². The van der Waals surface area contributed by atoms with Gasteiger partial charge in [-0.05, 0) is 69.2 Å². The fourth-order valence-electron chi connectivity index (χ4n) is 3.17. The normalized spacial score (nSPS) is 11.1. The van der Waals surface area contributed by atoms with Gasteiger partial charge in [0.15, 0.2) is 0 Å². The first-order chi connectivity index (χ1) is 12.9. The van der Waals surface area contributed by atoms with Gasteiger partial charge in [0, 0.05) is 28.8 Å². The number of benzene rings is 1. The maximum absolute atomic E-state index is 12.2. The maximum atomic E-state index is 12.2. The summed E-state index contributed by atoms with van der Waals surface area (Å²) in [4.78, 5) is 16.0. The Morgan fingerprint density at radius 3 is 2.52 bits per heavy atom. The summed E-state index contributed by atoms with van der Waals surface area (Å²) in [6, 6.07) is 11.8. The number of aromatic nitrogens is 2. The third-order valence-electron chi connectivity index (χ3n) is 4.31. The van der Waals surface area contributed by atoms with Crippen molar-refractivity contribution in [3.8, 4) is 5.69 Å². The lowest BCUT2D eigenvalue weighted by molar-refractivity contribution is 0.0955. The summed E-state index contributed by atoms with van der Waals surface area (Å²) >= 11 is 5.93. The molecule has 2 aromatic heterocycles. The van der Waals surface area contributed by atoms with Crippen LogP contribution in [0.15, 0.2) is 47.7 Å². The average molecular weight is 381 g/mol. The van der Waals surface area contributed by atoms with Crippen molar-refractivity contribution >= 4 is 23.7 Å². The number of hydrazone groups is 1. The molecule has 0 aliphatic rings. The van der Waals surface area contributed by atoms with Crippen LogP contribution in [0.25, 0.3) is 5.69 Å². The first kappa shape index (κ1) is 18.9. The van der Waals surface area contributed by atoms with Crippen LogP contribution >= 0.6 is 11.6 Å². The highest BCUT2D eigenvalue weighted by Gasteiger charge is 2.11. The summed E-state index contributed by atoms with van der Waals surface area (Å²) in [5.41, 5.74) is 9.42. The number of carbonyl (C=O) groups excluding carboxylic acids is 1. The summed E-state index contributed by atoms with van der Waals surface area (Å²) in [6.07, 6.45) is 3.17. The molecule has 6 heteroatoms. The van der Waals surface area contributed by atoms with Crippen molar-refractivity contribution in [1.29, 1.82) is 0 Å². The van der Waals surface area contributed by atoms with E-state index >= 15 is 0 Å². The molecule has 0 aliphatic heterocycles. The molecule has 1 aromatic carbocycles. The van der Waals surface area contributed by atoms with Crippen LogP contribution < -0.4 is 5.43 Å². The van der Waals surface area contributed by atoms with Gasteiger partial charge < -0.3 is 4.57 Å². The van der Waals surface area contributed by atoms with Crippen molar-refractivity contribution in [2.24, 2.45) is 5.10 Å². The van der Waals surface area contributed by atoms with Gasteiger partial charge in [-0.2, -0.15) is 5.10 Å². The van der Waals surface area contributed by atoms with E-state index in [1.807, 2.05) is 13.0 Å². The summed E-state index contributed by atoms with van der Waals surface area (Å²) < 4.78 is 2.18. The molecule has 27 heavy (non-hydrogen) atoms. The van der Waals surface area contributed by atoms with Gasteiger partial charge >= 0.3 is 0 Å². The monoisotopic (exact) mass is 380 g/mol. The molecule has 0 saturated carbocycles. The number of rotatable bonds is 4. The molecule has 3 aromatic rings. The van der Waals surface area contributed by atoms with Crippen LogP contribution in [-0.2, 0) is 0 Å². The summed E-state index contributed by atoms with van der Waals surface area (Å²) in [7, 11) is 0. The lowest BCUT2D eigenvalue weighted by Crippen LogP contribution is -2.18. The number of hydrogen-bond donors (Lipinski definition) is 1. The molecule has 5 nitrogen and oxygen atoms in total. The van der Waals surface area contributed by atoms with E-state index in [0.717, 1.165) is 22.6 Å². The number of nitrogens with zero attached hydrogens (tertiary/aromatic N) is 3. The number of halogens is 1. The van der Waals surface area contributed by atoms with Gasteiger partial charge in [0.2, 0.25) is 0 Å². The van der Waals surface area contributed by atoms with Crippen LogP contribution in [0, 0.1) is 27.7 Å². The van der Waals surface area contributed by atoms with Crippen molar-refractivity contribution in [2.75, 3.05) is 0 Å². The minimum absolute atomic E-state index is 0.151. The second kappa shape index (κ2) is 7.76. The van der Waals surface area contributed by atoms with Crippen LogP contribution in [0.1, 0.15) is 38.4 Å². The Balaban J connectivity index is 1.83. The Morgan fingerprint density at radius 1 is 1.15 bits per heavy atom. The fourth-order valence-corrected chi connectivity index (χ4v) is 3.38.